The summed E-state index contributed by atoms with van der Waals surface area (Å²) < 4.78 is 11.0. The molecule has 3 heteroatoms. The topological polar surface area (TPSA) is 21.7 Å². The van der Waals surface area contributed by atoms with Crippen LogP contribution in [0.3, 0.4) is 0 Å². The molecule has 0 amide bonds. The highest BCUT2D eigenvalue weighted by molar-refractivity contribution is 4.85. The van der Waals surface area contributed by atoms with Gasteiger partial charge < -0.3 is 9.47 Å². The van der Waals surface area contributed by atoms with Gasteiger partial charge in [0.25, 0.3) is 0 Å². The fourth-order valence-corrected chi connectivity index (χ4v) is 2.02. The van der Waals surface area contributed by atoms with E-state index in [1.165, 1.54) is 13.0 Å². The van der Waals surface area contributed by atoms with Gasteiger partial charge in [-0.05, 0) is 20.3 Å². The van der Waals surface area contributed by atoms with Crippen molar-refractivity contribution in [3.8, 4) is 0 Å². The monoisotopic (exact) mass is 185 g/mol. The maximum atomic E-state index is 5.78. The molecule has 2 aliphatic heterocycles. The summed E-state index contributed by atoms with van der Waals surface area (Å²) in [6.45, 7) is 8.35. The van der Waals surface area contributed by atoms with E-state index in [4.69, 9.17) is 9.47 Å². The Morgan fingerprint density at radius 1 is 1.38 bits per heavy atom. The van der Waals surface area contributed by atoms with Crippen molar-refractivity contribution in [1.29, 1.82) is 0 Å². The molecule has 76 valence electrons. The molecule has 0 unspecified atom stereocenters. The minimum atomic E-state index is 0.364. The van der Waals surface area contributed by atoms with E-state index in [9.17, 15) is 0 Å². The normalized spacial score (nSPS) is 31.2. The molecule has 0 N–H and O–H groups in total. The van der Waals surface area contributed by atoms with Gasteiger partial charge in [-0.2, -0.15) is 0 Å². The van der Waals surface area contributed by atoms with Gasteiger partial charge in [0.05, 0.1) is 31.5 Å². The molecule has 0 aromatic heterocycles. The lowest BCUT2D eigenvalue weighted by Crippen LogP contribution is -2.48. The Morgan fingerprint density at radius 2 is 2.15 bits per heavy atom. The third kappa shape index (κ3) is 2.22. The standard InChI is InChI=1S/C10H19NO2/c1-8(2)13-10-3-4-11(5-10)9-6-12-7-9/h8-10H,3-7H2,1-2H3/t10-/m0/s1. The molecule has 0 aromatic carbocycles. The van der Waals surface area contributed by atoms with Crippen molar-refractivity contribution in [3.05, 3.63) is 0 Å². The van der Waals surface area contributed by atoms with E-state index in [-0.39, 0.29) is 0 Å². The second-order valence-corrected chi connectivity index (χ2v) is 4.28. The smallest absolute Gasteiger partial charge is 0.0717 e. The fraction of sp³-hybridized carbons (Fsp3) is 1.00. The number of nitrogens with zero attached hydrogens (tertiary/aromatic N) is 1. The first-order valence-electron chi connectivity index (χ1n) is 5.23. The summed E-state index contributed by atoms with van der Waals surface area (Å²) in [5, 5.41) is 0. The lowest BCUT2D eigenvalue weighted by Gasteiger charge is -2.34. The van der Waals surface area contributed by atoms with E-state index in [1.54, 1.807) is 0 Å². The fourth-order valence-electron chi connectivity index (χ4n) is 2.02. The maximum Gasteiger partial charge on any atom is 0.0717 e. The van der Waals surface area contributed by atoms with Gasteiger partial charge in [0.2, 0.25) is 0 Å². The molecule has 0 radical (unpaired) electrons. The molecule has 2 rings (SSSR count). The second kappa shape index (κ2) is 3.95. The number of hydrogen-bond donors (Lipinski definition) is 0. The average Bonchev–Trinajstić information content (AvgIpc) is 2.31. The molecule has 1 atom stereocenters. The van der Waals surface area contributed by atoms with Gasteiger partial charge in [0, 0.05) is 13.1 Å². The van der Waals surface area contributed by atoms with Crippen molar-refractivity contribution < 1.29 is 9.47 Å². The Morgan fingerprint density at radius 3 is 2.69 bits per heavy atom. The summed E-state index contributed by atoms with van der Waals surface area (Å²) in [5.74, 6) is 0. The second-order valence-electron chi connectivity index (χ2n) is 4.28. The maximum absolute atomic E-state index is 5.78. The molecule has 13 heavy (non-hydrogen) atoms. The van der Waals surface area contributed by atoms with Crippen LogP contribution >= 0.6 is 0 Å². The lowest BCUT2D eigenvalue weighted by atomic mass is 10.2. The van der Waals surface area contributed by atoms with Crippen LogP contribution in [0.25, 0.3) is 0 Å². The van der Waals surface area contributed by atoms with Crippen LogP contribution in [0.15, 0.2) is 0 Å². The molecule has 0 aliphatic carbocycles. The molecule has 0 bridgehead atoms. The van der Waals surface area contributed by atoms with E-state index < -0.39 is 0 Å². The molecule has 3 nitrogen and oxygen atoms in total. The van der Waals surface area contributed by atoms with Crippen LogP contribution in [-0.2, 0) is 9.47 Å². The molecule has 0 aromatic rings. The van der Waals surface area contributed by atoms with Crippen LogP contribution < -0.4 is 0 Å². The van der Waals surface area contributed by atoms with E-state index >= 15 is 0 Å². The van der Waals surface area contributed by atoms with Crippen molar-refractivity contribution in [2.24, 2.45) is 0 Å². The predicted octanol–water partition coefficient (Wildman–Crippen LogP) is 0.884. The van der Waals surface area contributed by atoms with Crippen LogP contribution in [0.1, 0.15) is 20.3 Å². The quantitative estimate of drug-likeness (QED) is 0.651. The SMILES string of the molecule is CC(C)O[C@H]1CCN(C2COC2)C1. The van der Waals surface area contributed by atoms with Crippen molar-refractivity contribution in [2.45, 2.75) is 38.5 Å². The summed E-state index contributed by atoms with van der Waals surface area (Å²) in [6.07, 6.45) is 2.01. The first-order valence-corrected chi connectivity index (χ1v) is 5.23. The first-order chi connectivity index (χ1) is 6.25. The summed E-state index contributed by atoms with van der Waals surface area (Å²) in [7, 11) is 0. The summed E-state index contributed by atoms with van der Waals surface area (Å²) in [5.41, 5.74) is 0. The van der Waals surface area contributed by atoms with Crippen LogP contribution in [-0.4, -0.2) is 49.5 Å². The number of hydrogen-bond acceptors (Lipinski definition) is 3. The molecule has 2 saturated heterocycles. The number of likely N-dealkylation sites (tertiary alicyclic amines) is 1. The van der Waals surface area contributed by atoms with Crippen LogP contribution in [0, 0.1) is 0 Å². The summed E-state index contributed by atoms with van der Waals surface area (Å²) in [4.78, 5) is 2.50. The van der Waals surface area contributed by atoms with Gasteiger partial charge in [-0.1, -0.05) is 0 Å². The summed E-state index contributed by atoms with van der Waals surface area (Å²) in [6, 6.07) is 0.681. The Labute approximate surface area is 80.0 Å². The minimum Gasteiger partial charge on any atom is -0.378 e. The van der Waals surface area contributed by atoms with Gasteiger partial charge in [-0.3, -0.25) is 4.90 Å². The molecule has 0 saturated carbocycles. The predicted molar refractivity (Wildman–Crippen MR) is 50.8 cm³/mol. The van der Waals surface area contributed by atoms with Crippen LogP contribution in [0.2, 0.25) is 0 Å². The lowest BCUT2D eigenvalue weighted by molar-refractivity contribution is -0.0647. The molecule has 2 heterocycles. The van der Waals surface area contributed by atoms with Gasteiger partial charge >= 0.3 is 0 Å². The van der Waals surface area contributed by atoms with E-state index in [0.717, 1.165) is 19.8 Å². The number of ether oxygens (including phenoxy) is 2. The van der Waals surface area contributed by atoms with Gasteiger partial charge in [0.15, 0.2) is 0 Å². The van der Waals surface area contributed by atoms with Crippen molar-refractivity contribution in [3.63, 3.8) is 0 Å². The Bertz CT molecular complexity index is 168. The first kappa shape index (κ1) is 9.44. The van der Waals surface area contributed by atoms with Crippen LogP contribution in [0.5, 0.6) is 0 Å². The van der Waals surface area contributed by atoms with Gasteiger partial charge in [-0.25, -0.2) is 0 Å². The highest BCUT2D eigenvalue weighted by atomic mass is 16.5. The summed E-state index contributed by atoms with van der Waals surface area (Å²) >= 11 is 0. The molecule has 2 fully saturated rings. The largest absolute Gasteiger partial charge is 0.378 e. The van der Waals surface area contributed by atoms with Crippen molar-refractivity contribution in [1.82, 2.24) is 4.90 Å². The zero-order chi connectivity index (χ0) is 9.26. The third-order valence-corrected chi connectivity index (χ3v) is 2.78. The molecular formula is C10H19NO2. The van der Waals surface area contributed by atoms with E-state index in [2.05, 4.69) is 18.7 Å². The zero-order valence-corrected chi connectivity index (χ0v) is 8.53. The van der Waals surface area contributed by atoms with Gasteiger partial charge in [0.1, 0.15) is 0 Å². The highest BCUT2D eigenvalue weighted by Gasteiger charge is 2.32. The molecule has 0 spiro atoms. The Balaban J connectivity index is 1.73. The van der Waals surface area contributed by atoms with E-state index in [1.807, 2.05) is 0 Å². The Hall–Kier alpha value is -0.120. The Kier molecular flexibility index (Phi) is 2.86. The van der Waals surface area contributed by atoms with E-state index in [0.29, 0.717) is 18.2 Å². The van der Waals surface area contributed by atoms with Crippen LogP contribution in [0.4, 0.5) is 0 Å². The molecule has 2 aliphatic rings. The van der Waals surface area contributed by atoms with Gasteiger partial charge in [-0.15, -0.1) is 0 Å². The van der Waals surface area contributed by atoms with Crippen molar-refractivity contribution >= 4 is 0 Å². The van der Waals surface area contributed by atoms with Crippen molar-refractivity contribution in [2.75, 3.05) is 26.3 Å². The third-order valence-electron chi connectivity index (χ3n) is 2.78. The number of rotatable bonds is 3. The zero-order valence-electron chi connectivity index (χ0n) is 8.53. The highest BCUT2D eigenvalue weighted by Crippen LogP contribution is 2.20. The minimum absolute atomic E-state index is 0.364. The average molecular weight is 185 g/mol. The molecular weight excluding hydrogens is 166 g/mol.